The number of aliphatic hydroxyl groups excluding tert-OH is 1. The minimum atomic E-state index is 0.310. The van der Waals surface area contributed by atoms with Crippen molar-refractivity contribution in [2.24, 2.45) is 5.92 Å². The molecular weight excluding hydrogens is 196 g/mol. The Balaban J connectivity index is 2.33. The lowest BCUT2D eigenvalue weighted by molar-refractivity contribution is 0.285. The van der Waals surface area contributed by atoms with Gasteiger partial charge in [0.15, 0.2) is 0 Å². The molecule has 1 aliphatic carbocycles. The van der Waals surface area contributed by atoms with E-state index in [1.165, 1.54) is 5.57 Å². The molecule has 0 heterocycles. The highest BCUT2D eigenvalue weighted by atomic mass is 16.2. The van der Waals surface area contributed by atoms with Crippen LogP contribution >= 0.6 is 0 Å². The van der Waals surface area contributed by atoms with E-state index in [1.54, 1.807) is 0 Å². The fourth-order valence-corrected chi connectivity index (χ4v) is 1.73. The summed E-state index contributed by atoms with van der Waals surface area (Å²) in [7, 11) is 0. The molecule has 16 heavy (non-hydrogen) atoms. The van der Waals surface area contributed by atoms with Crippen molar-refractivity contribution < 1.29 is 5.11 Å². The predicted octanol–water partition coefficient (Wildman–Crippen LogP) is 3.78. The number of hydrogen-bond donors (Lipinski definition) is 1. The Kier molecular flexibility index (Phi) is 6.59. The van der Waals surface area contributed by atoms with E-state index in [1.807, 2.05) is 0 Å². The topological polar surface area (TPSA) is 20.2 Å². The van der Waals surface area contributed by atoms with Crippen molar-refractivity contribution >= 4 is 0 Å². The number of aliphatic hydroxyl groups is 1. The van der Waals surface area contributed by atoms with Crippen LogP contribution in [0.2, 0.25) is 0 Å². The Morgan fingerprint density at radius 3 is 3.00 bits per heavy atom. The maximum absolute atomic E-state index is 8.66. The average Bonchev–Trinajstić information content (AvgIpc) is 2.57. The minimum absolute atomic E-state index is 0.310. The molecular formula is C15H22O. The molecule has 1 heteroatoms. The molecule has 1 atom stereocenters. The predicted molar refractivity (Wildman–Crippen MR) is 70.2 cm³/mol. The van der Waals surface area contributed by atoms with Crippen molar-refractivity contribution in [1.82, 2.24) is 0 Å². The average molecular weight is 218 g/mol. The highest BCUT2D eigenvalue weighted by Crippen LogP contribution is 2.18. The van der Waals surface area contributed by atoms with Crippen molar-refractivity contribution in [3.63, 3.8) is 0 Å². The van der Waals surface area contributed by atoms with Crippen molar-refractivity contribution in [3.8, 4) is 0 Å². The van der Waals surface area contributed by atoms with Crippen LogP contribution in [0.5, 0.6) is 0 Å². The van der Waals surface area contributed by atoms with Crippen molar-refractivity contribution in [3.05, 3.63) is 48.1 Å². The summed E-state index contributed by atoms with van der Waals surface area (Å²) in [5.74, 6) is 0.515. The Morgan fingerprint density at radius 1 is 1.31 bits per heavy atom. The smallest absolute Gasteiger partial charge is 0.0431 e. The fourth-order valence-electron chi connectivity index (χ4n) is 1.73. The van der Waals surface area contributed by atoms with Crippen LogP contribution in [0.25, 0.3) is 0 Å². The van der Waals surface area contributed by atoms with E-state index < -0.39 is 0 Å². The van der Waals surface area contributed by atoms with Crippen LogP contribution in [0.1, 0.15) is 32.6 Å². The Labute approximate surface area is 98.9 Å². The van der Waals surface area contributed by atoms with Gasteiger partial charge < -0.3 is 5.11 Å². The Bertz CT molecular complexity index is 295. The second-order valence-electron chi connectivity index (χ2n) is 4.19. The normalized spacial score (nSPS) is 17.5. The first kappa shape index (κ1) is 13.0. The zero-order valence-electron chi connectivity index (χ0n) is 10.1. The third-order valence-corrected chi connectivity index (χ3v) is 2.81. The molecule has 0 saturated heterocycles. The highest BCUT2D eigenvalue weighted by molar-refractivity contribution is 5.26. The van der Waals surface area contributed by atoms with E-state index >= 15 is 0 Å². The van der Waals surface area contributed by atoms with E-state index in [9.17, 15) is 0 Å². The van der Waals surface area contributed by atoms with Gasteiger partial charge in [0.25, 0.3) is 0 Å². The first-order valence-electron chi connectivity index (χ1n) is 6.14. The van der Waals surface area contributed by atoms with Crippen LogP contribution < -0.4 is 0 Å². The van der Waals surface area contributed by atoms with Crippen molar-refractivity contribution in [2.45, 2.75) is 32.6 Å². The summed E-state index contributed by atoms with van der Waals surface area (Å²) in [5, 5.41) is 8.66. The lowest BCUT2D eigenvalue weighted by Gasteiger charge is -2.09. The van der Waals surface area contributed by atoms with Gasteiger partial charge in [0.1, 0.15) is 0 Å². The van der Waals surface area contributed by atoms with Crippen molar-refractivity contribution in [1.29, 1.82) is 0 Å². The zero-order chi connectivity index (χ0) is 11.6. The maximum Gasteiger partial charge on any atom is 0.0431 e. The first-order chi connectivity index (χ1) is 7.84. The molecule has 0 aromatic carbocycles. The number of allylic oxidation sites excluding steroid dienone is 8. The molecule has 0 fully saturated rings. The van der Waals surface area contributed by atoms with Crippen LogP contribution in [0, 0.1) is 5.92 Å². The van der Waals surface area contributed by atoms with Crippen LogP contribution in [0.4, 0.5) is 0 Å². The molecule has 0 saturated carbocycles. The Morgan fingerprint density at radius 2 is 2.19 bits per heavy atom. The van der Waals surface area contributed by atoms with Gasteiger partial charge in [0.05, 0.1) is 0 Å². The number of unbranched alkanes of at least 4 members (excludes halogenated alkanes) is 2. The molecule has 1 unspecified atom stereocenters. The standard InChI is InChI=1S/C15H22O/c1-14(10-6-4-5-9-13-16)15-11-7-2-3-8-12-15/h2-3,6-8,10-11,14,16H,4-5,9,12-13H2,1H3. The molecule has 0 radical (unpaired) electrons. The van der Waals surface area contributed by atoms with Crippen LogP contribution in [-0.2, 0) is 0 Å². The zero-order valence-corrected chi connectivity index (χ0v) is 10.1. The van der Waals surface area contributed by atoms with Gasteiger partial charge in [0, 0.05) is 6.61 Å². The first-order valence-corrected chi connectivity index (χ1v) is 6.14. The molecule has 0 bridgehead atoms. The summed E-state index contributed by atoms with van der Waals surface area (Å²) in [6, 6.07) is 0. The maximum atomic E-state index is 8.66. The van der Waals surface area contributed by atoms with Gasteiger partial charge in [-0.25, -0.2) is 0 Å². The fraction of sp³-hybridized carbons (Fsp3) is 0.467. The highest BCUT2D eigenvalue weighted by Gasteiger charge is 2.03. The van der Waals surface area contributed by atoms with E-state index in [4.69, 9.17) is 5.11 Å². The Hall–Kier alpha value is -1.08. The third-order valence-electron chi connectivity index (χ3n) is 2.81. The number of hydrogen-bond acceptors (Lipinski definition) is 1. The molecule has 0 aliphatic heterocycles. The van der Waals surface area contributed by atoms with Crippen LogP contribution in [0.3, 0.4) is 0 Å². The molecule has 0 amide bonds. The lowest BCUT2D eigenvalue weighted by Crippen LogP contribution is -1.94. The monoisotopic (exact) mass is 218 g/mol. The van der Waals surface area contributed by atoms with Gasteiger partial charge in [-0.05, 0) is 31.6 Å². The second kappa shape index (κ2) is 8.12. The summed E-state index contributed by atoms with van der Waals surface area (Å²) in [6.45, 7) is 2.55. The van der Waals surface area contributed by atoms with Gasteiger partial charge in [0.2, 0.25) is 0 Å². The summed E-state index contributed by atoms with van der Waals surface area (Å²) in [4.78, 5) is 0. The van der Waals surface area contributed by atoms with Crippen LogP contribution in [0.15, 0.2) is 48.1 Å². The van der Waals surface area contributed by atoms with Crippen LogP contribution in [-0.4, -0.2) is 11.7 Å². The quantitative estimate of drug-likeness (QED) is 0.531. The molecule has 88 valence electrons. The molecule has 1 rings (SSSR count). The SMILES string of the molecule is CC(C=CCCCCO)C1=CC=CC=CC1. The van der Waals surface area contributed by atoms with E-state index in [0.29, 0.717) is 12.5 Å². The number of rotatable bonds is 6. The molecule has 0 spiro atoms. The van der Waals surface area contributed by atoms with E-state index in [0.717, 1.165) is 25.7 Å². The van der Waals surface area contributed by atoms with Gasteiger partial charge in [-0.2, -0.15) is 0 Å². The third kappa shape index (κ3) is 5.13. The summed E-state index contributed by atoms with van der Waals surface area (Å²) in [5.41, 5.74) is 1.46. The van der Waals surface area contributed by atoms with Gasteiger partial charge in [-0.15, -0.1) is 0 Å². The van der Waals surface area contributed by atoms with E-state index in [2.05, 4.69) is 49.5 Å². The second-order valence-corrected chi connectivity index (χ2v) is 4.19. The van der Waals surface area contributed by atoms with Gasteiger partial charge in [-0.3, -0.25) is 0 Å². The summed E-state index contributed by atoms with van der Waals surface area (Å²) >= 11 is 0. The summed E-state index contributed by atoms with van der Waals surface area (Å²) < 4.78 is 0. The minimum Gasteiger partial charge on any atom is -0.396 e. The van der Waals surface area contributed by atoms with E-state index in [-0.39, 0.29) is 0 Å². The van der Waals surface area contributed by atoms with Crippen molar-refractivity contribution in [2.75, 3.05) is 6.61 Å². The molecule has 0 aromatic heterocycles. The van der Waals surface area contributed by atoms with Gasteiger partial charge >= 0.3 is 0 Å². The van der Waals surface area contributed by atoms with Gasteiger partial charge in [-0.1, -0.05) is 55.0 Å². The molecule has 1 nitrogen and oxygen atoms in total. The molecule has 1 N–H and O–H groups in total. The molecule has 1 aliphatic rings. The summed E-state index contributed by atoms with van der Waals surface area (Å²) in [6.07, 6.45) is 19.3. The molecule has 0 aromatic rings. The lowest BCUT2D eigenvalue weighted by atomic mass is 9.97. The largest absolute Gasteiger partial charge is 0.396 e.